The maximum atomic E-state index is 14.4. The Labute approximate surface area is 344 Å². The van der Waals surface area contributed by atoms with Crippen LogP contribution in [-0.4, -0.2) is 145 Å². The summed E-state index contributed by atoms with van der Waals surface area (Å²) < 4.78 is 11.9. The molecule has 2 bridgehead atoms. The van der Waals surface area contributed by atoms with E-state index in [0.29, 0.717) is 38.8 Å². The number of likely N-dealkylation sites (N-methyl/N-ethyl adjacent to an activating group) is 1. The average molecular weight is 813 g/mol. The molecule has 15 heteroatoms. The van der Waals surface area contributed by atoms with Gasteiger partial charge in [-0.15, -0.1) is 0 Å². The fourth-order valence-electron chi connectivity index (χ4n) is 9.26. The van der Waals surface area contributed by atoms with Gasteiger partial charge in [0.2, 0.25) is 29.5 Å². The number of carboxylic acid groups (broad SMARTS) is 1. The molecule has 15 nitrogen and oxygen atoms in total. The van der Waals surface area contributed by atoms with Crippen LogP contribution in [0.25, 0.3) is 0 Å². The summed E-state index contributed by atoms with van der Waals surface area (Å²) in [6, 6.07) is 5.56. The molecule has 4 aliphatic rings. The van der Waals surface area contributed by atoms with Gasteiger partial charge >= 0.3 is 5.97 Å². The van der Waals surface area contributed by atoms with Gasteiger partial charge in [0.15, 0.2) is 0 Å². The fourth-order valence-corrected chi connectivity index (χ4v) is 9.26. The number of aliphatic carboxylic acids is 1. The quantitative estimate of drug-likeness (QED) is 0.136. The summed E-state index contributed by atoms with van der Waals surface area (Å²) in [5, 5.41) is 18.6. The van der Waals surface area contributed by atoms with E-state index >= 15 is 0 Å². The zero-order valence-electron chi connectivity index (χ0n) is 35.9. The summed E-state index contributed by atoms with van der Waals surface area (Å²) in [6.07, 6.45) is 2.54. The molecule has 1 aromatic rings. The van der Waals surface area contributed by atoms with Crippen molar-refractivity contribution in [1.82, 2.24) is 30.7 Å². The lowest BCUT2D eigenvalue weighted by Crippen LogP contribution is -2.59. The number of methoxy groups -OCH3 is 2. The highest BCUT2D eigenvalue weighted by atomic mass is 16.5. The van der Waals surface area contributed by atoms with Crippen LogP contribution >= 0.6 is 0 Å². The first-order valence-electron chi connectivity index (χ1n) is 21.0. The molecule has 1 aliphatic carbocycles. The van der Waals surface area contributed by atoms with Crippen molar-refractivity contribution in [3.8, 4) is 0 Å². The number of amides is 5. The Kier molecular flexibility index (Phi) is 17.1. The van der Waals surface area contributed by atoms with Gasteiger partial charge in [0.1, 0.15) is 18.1 Å². The first kappa shape index (κ1) is 46.6. The molecule has 3 heterocycles. The number of hydrogen-bond donors (Lipinski definition) is 4. The maximum absolute atomic E-state index is 14.4. The predicted octanol–water partition coefficient (Wildman–Crippen LogP) is 2.46. The van der Waals surface area contributed by atoms with Crippen molar-refractivity contribution in [1.29, 1.82) is 0 Å². The summed E-state index contributed by atoms with van der Waals surface area (Å²) in [4.78, 5) is 86.4. The minimum Gasteiger partial charge on any atom is -0.480 e. The number of rotatable bonds is 22. The van der Waals surface area contributed by atoms with Gasteiger partial charge in [-0.2, -0.15) is 0 Å². The number of hydrogen-bond acceptors (Lipinski definition) is 9. The first-order valence-corrected chi connectivity index (χ1v) is 21.0. The van der Waals surface area contributed by atoms with E-state index < -0.39 is 60.2 Å². The molecule has 9 atom stereocenters. The van der Waals surface area contributed by atoms with Crippen molar-refractivity contribution in [2.24, 2.45) is 23.7 Å². The van der Waals surface area contributed by atoms with Gasteiger partial charge < -0.3 is 45.2 Å². The number of carbonyl (C=O) groups excluding carboxylic acids is 5. The number of ether oxygens (including phenoxy) is 2. The number of fused-ring (bicyclic) bond motifs is 1. The van der Waals surface area contributed by atoms with E-state index in [1.54, 1.807) is 35.7 Å². The summed E-state index contributed by atoms with van der Waals surface area (Å²) in [6.45, 7) is 10.4. The Bertz CT molecular complexity index is 1570. The summed E-state index contributed by atoms with van der Waals surface area (Å²) >= 11 is 0. The third kappa shape index (κ3) is 10.7. The topological polar surface area (TPSA) is 187 Å². The van der Waals surface area contributed by atoms with Crippen molar-refractivity contribution in [3.63, 3.8) is 0 Å². The van der Waals surface area contributed by atoms with Gasteiger partial charge in [-0.25, -0.2) is 4.79 Å². The molecular formula is C43H68N6O9. The standard InChI is InChI=1S/C43H68N6O9/c1-10-26(4)37(47(7)42(54)36(25(2)3)46-41(53)38-29-22-30(23-29)49(38)34(50)18-19-44-6)33(57-8)24-35(51)48-20-14-17-32(48)39(58-9)27(5)40(52)45-31(43(55)56)21-28-15-12-11-13-16-28/h11-13,15-16,25-27,29-33,36-39,44H,10,14,17-24H2,1-9H3,(H,45,52)(H,46,53)(H,55,56)/t26-,27+,29?,30?,31-,32-,33+,36-,37-,38-,39+/m0/s1. The van der Waals surface area contributed by atoms with Crippen LogP contribution in [0, 0.1) is 23.7 Å². The minimum absolute atomic E-state index is 0.0393. The van der Waals surface area contributed by atoms with Crippen LogP contribution < -0.4 is 16.0 Å². The smallest absolute Gasteiger partial charge is 0.326 e. The van der Waals surface area contributed by atoms with Gasteiger partial charge in [0.05, 0.1) is 36.6 Å². The van der Waals surface area contributed by atoms with Crippen molar-refractivity contribution in [2.75, 3.05) is 41.4 Å². The zero-order valence-corrected chi connectivity index (χ0v) is 35.9. The number of nitrogens with one attached hydrogen (secondary N) is 3. The van der Waals surface area contributed by atoms with Crippen molar-refractivity contribution in [2.45, 2.75) is 134 Å². The Morgan fingerprint density at radius 1 is 0.966 bits per heavy atom. The number of carboxylic acids is 1. The van der Waals surface area contributed by atoms with E-state index in [0.717, 1.165) is 18.4 Å². The van der Waals surface area contributed by atoms with Crippen LogP contribution in [0.4, 0.5) is 0 Å². The largest absolute Gasteiger partial charge is 0.480 e. The molecule has 1 aromatic carbocycles. The van der Waals surface area contributed by atoms with E-state index in [1.807, 2.05) is 58.0 Å². The highest BCUT2D eigenvalue weighted by Gasteiger charge is 2.56. The molecule has 0 radical (unpaired) electrons. The fraction of sp³-hybridized carbons (Fsp3) is 0.721. The second-order valence-corrected chi connectivity index (χ2v) is 16.9. The molecule has 4 fully saturated rings. The van der Waals surface area contributed by atoms with Crippen molar-refractivity contribution in [3.05, 3.63) is 35.9 Å². The monoisotopic (exact) mass is 813 g/mol. The molecule has 1 saturated carbocycles. The number of benzene rings is 1. The van der Waals surface area contributed by atoms with E-state index in [-0.39, 0.29) is 60.3 Å². The molecule has 3 aliphatic heterocycles. The Morgan fingerprint density at radius 2 is 1.64 bits per heavy atom. The molecule has 3 saturated heterocycles. The number of carbonyl (C=O) groups is 6. The lowest BCUT2D eigenvalue weighted by molar-refractivity contribution is -0.148. The molecule has 0 unspecified atom stereocenters. The zero-order chi connectivity index (χ0) is 42.8. The molecule has 5 rings (SSSR count). The summed E-state index contributed by atoms with van der Waals surface area (Å²) in [5.41, 5.74) is 0.777. The molecule has 4 N–H and O–H groups in total. The second kappa shape index (κ2) is 21.3. The van der Waals surface area contributed by atoms with Crippen molar-refractivity contribution < 1.29 is 43.3 Å². The molecule has 0 spiro atoms. The van der Waals surface area contributed by atoms with Crippen molar-refractivity contribution >= 4 is 35.5 Å². The van der Waals surface area contributed by atoms with Gasteiger partial charge in [0, 0.05) is 53.2 Å². The maximum Gasteiger partial charge on any atom is 0.326 e. The molecule has 58 heavy (non-hydrogen) atoms. The Hall–Kier alpha value is -4.08. The van der Waals surface area contributed by atoms with Gasteiger partial charge in [0.25, 0.3) is 0 Å². The molecule has 324 valence electrons. The third-order valence-corrected chi connectivity index (χ3v) is 12.8. The highest BCUT2D eigenvalue weighted by molar-refractivity contribution is 5.93. The second-order valence-electron chi connectivity index (χ2n) is 16.9. The van der Waals surface area contributed by atoms with Gasteiger partial charge in [-0.3, -0.25) is 24.0 Å². The molecule has 0 aromatic heterocycles. The van der Waals surface area contributed by atoms with Crippen LogP contribution in [0.2, 0.25) is 0 Å². The SMILES string of the molecule is CC[C@H](C)[C@@H]([C@@H](CC(=O)N1CCC[C@H]1[C@H](OC)[C@@H](C)C(=O)N[C@@H](Cc1ccccc1)C(=O)O)OC)N(C)C(=O)[C@@H](NC(=O)[C@@H]1C2CC(C2)N1C(=O)CCNC)C(C)C. The van der Waals surface area contributed by atoms with Crippen LogP contribution in [0.3, 0.4) is 0 Å². The lowest BCUT2D eigenvalue weighted by atomic mass is 9.82. The average Bonchev–Trinajstić information content (AvgIpc) is 3.93. The Balaban J connectivity index is 1.46. The van der Waals surface area contributed by atoms with Crippen LogP contribution in [-0.2, 0) is 44.7 Å². The lowest BCUT2D eigenvalue weighted by Gasteiger charge is -2.41. The summed E-state index contributed by atoms with van der Waals surface area (Å²) in [5.74, 6) is -3.54. The van der Waals surface area contributed by atoms with Gasteiger partial charge in [-0.1, -0.05) is 71.4 Å². The van der Waals surface area contributed by atoms with E-state index in [2.05, 4.69) is 16.0 Å². The predicted molar refractivity (Wildman–Crippen MR) is 218 cm³/mol. The molecular weight excluding hydrogens is 745 g/mol. The van der Waals surface area contributed by atoms with Gasteiger partial charge in [-0.05, 0) is 56.0 Å². The number of nitrogens with zero attached hydrogens (tertiary/aromatic N) is 3. The van der Waals surface area contributed by atoms with E-state index in [1.165, 1.54) is 14.2 Å². The highest BCUT2D eigenvalue weighted by Crippen LogP contribution is 2.46. The van der Waals surface area contributed by atoms with Crippen LogP contribution in [0.1, 0.15) is 85.1 Å². The third-order valence-electron chi connectivity index (χ3n) is 12.8. The Morgan fingerprint density at radius 3 is 2.21 bits per heavy atom. The summed E-state index contributed by atoms with van der Waals surface area (Å²) in [7, 11) is 6.50. The van der Waals surface area contributed by atoms with Crippen LogP contribution in [0.5, 0.6) is 0 Å². The number of likely N-dealkylation sites (tertiary alicyclic amines) is 1. The molecule has 5 amide bonds. The van der Waals surface area contributed by atoms with E-state index in [4.69, 9.17) is 9.47 Å². The minimum atomic E-state index is -1.15. The normalized spacial score (nSPS) is 23.6. The first-order chi connectivity index (χ1) is 27.6. The van der Waals surface area contributed by atoms with Crippen LogP contribution in [0.15, 0.2) is 30.3 Å². The van der Waals surface area contributed by atoms with E-state index in [9.17, 15) is 33.9 Å².